The second kappa shape index (κ2) is 73.0. The molecule has 588 valence electrons. The Hall–Kier alpha value is -1.94. The van der Waals surface area contributed by atoms with Crippen molar-refractivity contribution in [1.82, 2.24) is 0 Å². The minimum absolute atomic E-state index is 0.103. The van der Waals surface area contributed by atoms with Crippen molar-refractivity contribution in [2.24, 2.45) is 5.92 Å². The number of carbonyl (C=O) groups is 4. The summed E-state index contributed by atoms with van der Waals surface area (Å²) in [4.78, 5) is 72.7. The third kappa shape index (κ3) is 72.8. The number of hydrogen-bond acceptors (Lipinski definition) is 15. The van der Waals surface area contributed by atoms with E-state index in [2.05, 4.69) is 34.6 Å². The summed E-state index contributed by atoms with van der Waals surface area (Å²) in [5, 5.41) is 10.6. The summed E-state index contributed by atoms with van der Waals surface area (Å²) < 4.78 is 68.5. The maximum Gasteiger partial charge on any atom is 0.472 e. The number of hydrogen-bond donors (Lipinski definition) is 3. The molecule has 3 N–H and O–H groups in total. The van der Waals surface area contributed by atoms with Crippen LogP contribution in [0.5, 0.6) is 0 Å². The van der Waals surface area contributed by atoms with Crippen LogP contribution in [-0.2, 0) is 65.4 Å². The Labute approximate surface area is 607 Å². The van der Waals surface area contributed by atoms with Gasteiger partial charge in [-0.2, -0.15) is 0 Å². The molecule has 0 aliphatic heterocycles. The molecule has 0 aromatic carbocycles. The van der Waals surface area contributed by atoms with E-state index < -0.39 is 97.5 Å². The molecule has 19 heteroatoms. The van der Waals surface area contributed by atoms with Crippen molar-refractivity contribution in [1.29, 1.82) is 0 Å². The molecule has 0 aliphatic carbocycles. The zero-order chi connectivity index (χ0) is 72.7. The van der Waals surface area contributed by atoms with Crippen LogP contribution >= 0.6 is 15.6 Å². The molecular formula is C80H156O17P2. The van der Waals surface area contributed by atoms with Gasteiger partial charge in [0.05, 0.1) is 26.4 Å². The summed E-state index contributed by atoms with van der Waals surface area (Å²) in [6, 6.07) is 0. The number of esters is 4. The monoisotopic (exact) mass is 1450 g/mol. The number of aliphatic hydroxyl groups excluding tert-OH is 1. The standard InChI is InChI=1S/C80H156O17P2/c1-6-10-13-16-19-21-23-25-27-29-31-33-34-36-38-40-42-44-46-49-55-60-65-79(84)96-75(70-91-78(83)64-59-54-48-45-43-41-39-37-35-32-30-28-26-24-22-20-17-14-11-7-2)71-94-98(86,87)92-67-74(81)68-93-99(88,89)95-72-76(69-90-77(82)63-58-53-47-18-15-12-8-3)97-80(85)66-61-56-51-50-52-57-62-73(5)9-4/h73-76,81H,6-72H2,1-5H3,(H,86,87)(H,88,89)/t73?,74-,75-,76-/m1/s1. The Morgan fingerprint density at radius 1 is 0.283 bits per heavy atom. The van der Waals surface area contributed by atoms with Crippen LogP contribution in [0, 0.1) is 5.92 Å². The first-order valence-corrected chi connectivity index (χ1v) is 44.7. The van der Waals surface area contributed by atoms with Crippen LogP contribution in [-0.4, -0.2) is 96.7 Å². The molecule has 0 aromatic heterocycles. The van der Waals surface area contributed by atoms with Crippen molar-refractivity contribution in [3.05, 3.63) is 0 Å². The van der Waals surface area contributed by atoms with E-state index in [1.165, 1.54) is 238 Å². The second-order valence-electron chi connectivity index (χ2n) is 29.1. The van der Waals surface area contributed by atoms with Crippen molar-refractivity contribution >= 4 is 39.5 Å². The third-order valence-corrected chi connectivity index (χ3v) is 21.0. The number of aliphatic hydroxyl groups is 1. The Morgan fingerprint density at radius 3 is 0.717 bits per heavy atom. The largest absolute Gasteiger partial charge is 0.472 e. The lowest BCUT2D eigenvalue weighted by atomic mass is 10.00. The number of ether oxygens (including phenoxy) is 4. The number of phosphoric acid groups is 2. The first-order valence-electron chi connectivity index (χ1n) is 41.7. The van der Waals surface area contributed by atoms with Gasteiger partial charge in [0.15, 0.2) is 12.2 Å². The molecule has 0 spiro atoms. The molecule has 0 aliphatic rings. The van der Waals surface area contributed by atoms with E-state index in [4.69, 9.17) is 37.0 Å². The van der Waals surface area contributed by atoms with Gasteiger partial charge in [0, 0.05) is 25.7 Å². The van der Waals surface area contributed by atoms with Crippen molar-refractivity contribution in [2.75, 3.05) is 39.6 Å². The highest BCUT2D eigenvalue weighted by Crippen LogP contribution is 2.45. The smallest absolute Gasteiger partial charge is 0.462 e. The van der Waals surface area contributed by atoms with Crippen molar-refractivity contribution in [2.45, 2.75) is 445 Å². The van der Waals surface area contributed by atoms with E-state index >= 15 is 0 Å². The predicted octanol–water partition coefficient (Wildman–Crippen LogP) is 24.0. The van der Waals surface area contributed by atoms with Gasteiger partial charge in [0.25, 0.3) is 0 Å². The van der Waals surface area contributed by atoms with E-state index in [9.17, 15) is 43.2 Å². The second-order valence-corrected chi connectivity index (χ2v) is 32.0. The maximum atomic E-state index is 13.1. The summed E-state index contributed by atoms with van der Waals surface area (Å²) in [6.07, 6.45) is 64.4. The fraction of sp³-hybridized carbons (Fsp3) is 0.950. The van der Waals surface area contributed by atoms with Gasteiger partial charge >= 0.3 is 39.5 Å². The molecular weight excluding hydrogens is 1290 g/mol. The lowest BCUT2D eigenvalue weighted by Gasteiger charge is -2.21. The van der Waals surface area contributed by atoms with E-state index in [0.29, 0.717) is 25.7 Å². The predicted molar refractivity (Wildman–Crippen MR) is 405 cm³/mol. The maximum absolute atomic E-state index is 13.1. The van der Waals surface area contributed by atoms with Crippen LogP contribution in [0.2, 0.25) is 0 Å². The molecule has 3 unspecified atom stereocenters. The molecule has 0 heterocycles. The van der Waals surface area contributed by atoms with E-state index in [1.807, 2.05) is 0 Å². The van der Waals surface area contributed by atoms with E-state index in [0.717, 1.165) is 109 Å². The van der Waals surface area contributed by atoms with Crippen LogP contribution in [0.4, 0.5) is 0 Å². The molecule has 0 rings (SSSR count). The quantitative estimate of drug-likeness (QED) is 0.0222. The molecule has 0 fully saturated rings. The van der Waals surface area contributed by atoms with E-state index in [1.54, 1.807) is 0 Å². The number of phosphoric ester groups is 2. The fourth-order valence-electron chi connectivity index (χ4n) is 12.4. The normalized spacial score (nSPS) is 14.1. The molecule has 0 saturated heterocycles. The van der Waals surface area contributed by atoms with Crippen LogP contribution < -0.4 is 0 Å². The Morgan fingerprint density at radius 2 is 0.485 bits per heavy atom. The molecule has 0 aromatic rings. The molecule has 0 bridgehead atoms. The van der Waals surface area contributed by atoms with Crippen LogP contribution in [0.3, 0.4) is 0 Å². The first-order chi connectivity index (χ1) is 48.1. The topological polar surface area (TPSA) is 237 Å². The minimum atomic E-state index is -4.96. The van der Waals surface area contributed by atoms with Gasteiger partial charge in [-0.05, 0) is 31.6 Å². The molecule has 17 nitrogen and oxygen atoms in total. The van der Waals surface area contributed by atoms with Gasteiger partial charge in [0.2, 0.25) is 0 Å². The summed E-state index contributed by atoms with van der Waals surface area (Å²) in [6.45, 7) is 7.21. The summed E-state index contributed by atoms with van der Waals surface area (Å²) in [5.41, 5.74) is 0. The Balaban J connectivity index is 5.13. The number of unbranched alkanes of at least 4 members (excludes halogenated alkanes) is 51. The summed E-state index contributed by atoms with van der Waals surface area (Å²) in [5.74, 6) is -1.40. The van der Waals surface area contributed by atoms with Gasteiger partial charge in [-0.1, -0.05) is 375 Å². The fourth-order valence-corrected chi connectivity index (χ4v) is 14.0. The van der Waals surface area contributed by atoms with Gasteiger partial charge in [-0.15, -0.1) is 0 Å². The van der Waals surface area contributed by atoms with E-state index in [-0.39, 0.29) is 25.7 Å². The molecule has 0 saturated carbocycles. The van der Waals surface area contributed by atoms with Crippen molar-refractivity contribution < 1.29 is 80.2 Å². The molecule has 6 atom stereocenters. The molecule has 0 amide bonds. The summed E-state index contributed by atoms with van der Waals surface area (Å²) in [7, 11) is -9.91. The summed E-state index contributed by atoms with van der Waals surface area (Å²) >= 11 is 0. The van der Waals surface area contributed by atoms with Crippen LogP contribution in [0.15, 0.2) is 0 Å². The zero-order valence-electron chi connectivity index (χ0n) is 64.6. The highest BCUT2D eigenvalue weighted by Gasteiger charge is 2.30. The zero-order valence-corrected chi connectivity index (χ0v) is 66.4. The van der Waals surface area contributed by atoms with Gasteiger partial charge in [-0.3, -0.25) is 37.3 Å². The number of rotatable bonds is 80. The molecule has 0 radical (unpaired) electrons. The Kier molecular flexibility index (Phi) is 71.6. The minimum Gasteiger partial charge on any atom is -0.462 e. The first kappa shape index (κ1) is 97.1. The highest BCUT2D eigenvalue weighted by molar-refractivity contribution is 7.47. The van der Waals surface area contributed by atoms with Crippen LogP contribution in [0.25, 0.3) is 0 Å². The van der Waals surface area contributed by atoms with Gasteiger partial charge in [-0.25, -0.2) is 9.13 Å². The average Bonchev–Trinajstić information content (AvgIpc) is 1.01. The molecule has 99 heavy (non-hydrogen) atoms. The lowest BCUT2D eigenvalue weighted by molar-refractivity contribution is -0.161. The third-order valence-electron chi connectivity index (χ3n) is 19.1. The van der Waals surface area contributed by atoms with Gasteiger partial charge in [0.1, 0.15) is 19.3 Å². The highest BCUT2D eigenvalue weighted by atomic mass is 31.2. The average molecular weight is 1450 g/mol. The van der Waals surface area contributed by atoms with Crippen molar-refractivity contribution in [3.63, 3.8) is 0 Å². The van der Waals surface area contributed by atoms with Crippen LogP contribution in [0.1, 0.15) is 426 Å². The van der Waals surface area contributed by atoms with Crippen molar-refractivity contribution in [3.8, 4) is 0 Å². The Bertz CT molecular complexity index is 1890. The lowest BCUT2D eigenvalue weighted by Crippen LogP contribution is -2.30. The van der Waals surface area contributed by atoms with Gasteiger partial charge < -0.3 is 33.8 Å². The number of carbonyl (C=O) groups excluding carboxylic acids is 4. The SMILES string of the molecule is CCCCCCCCCCCCCCCCCCCCCCCCC(=O)O[C@H](COC(=O)CCCCCCCCCCCCCCCCCCCCCC)COP(=O)(O)OC[C@@H](O)COP(=O)(O)OC[C@@H](COC(=O)CCCCCCCCC)OC(=O)CCCCCCCCC(C)CC.